The van der Waals surface area contributed by atoms with Crippen LogP contribution in [0.1, 0.15) is 16.7 Å². The number of hydrogen-bond donors (Lipinski definition) is 5. The van der Waals surface area contributed by atoms with E-state index in [0.29, 0.717) is 24.6 Å². The highest BCUT2D eigenvalue weighted by atomic mass is 16.3. The zero-order valence-corrected chi connectivity index (χ0v) is 17.8. The molecular weight excluding hydrogens is 388 g/mol. The second kappa shape index (κ2) is 12.0. The van der Waals surface area contributed by atoms with Crippen molar-refractivity contribution in [3.63, 3.8) is 0 Å². The number of phenolic OH excluding ortho intramolecular Hbond substituents is 2. The number of phenols is 2. The summed E-state index contributed by atoms with van der Waals surface area (Å²) in [6, 6.07) is 22.8. The van der Waals surface area contributed by atoms with Gasteiger partial charge < -0.3 is 26.6 Å². The lowest BCUT2D eigenvalue weighted by atomic mass is 10.2. The number of nitrogens with one attached hydrogen (secondary N) is 2. The fourth-order valence-corrected chi connectivity index (χ4v) is 3.46. The number of nitrogen functional groups attached to an aromatic ring is 1. The Morgan fingerprint density at radius 3 is 1.77 bits per heavy atom. The molecule has 0 atom stereocenters. The van der Waals surface area contributed by atoms with Crippen LogP contribution in [0.25, 0.3) is 0 Å². The van der Waals surface area contributed by atoms with Gasteiger partial charge >= 0.3 is 0 Å². The van der Waals surface area contributed by atoms with E-state index in [1.165, 1.54) is 5.56 Å². The second-order valence-electron chi connectivity index (χ2n) is 7.63. The molecule has 6 nitrogen and oxygen atoms in total. The Morgan fingerprint density at radius 1 is 0.710 bits per heavy atom. The van der Waals surface area contributed by atoms with Gasteiger partial charge in [0.2, 0.25) is 0 Å². The summed E-state index contributed by atoms with van der Waals surface area (Å²) in [5, 5.41) is 26.6. The molecule has 6 N–H and O–H groups in total. The van der Waals surface area contributed by atoms with E-state index in [2.05, 4.69) is 21.6 Å². The third kappa shape index (κ3) is 7.61. The summed E-state index contributed by atoms with van der Waals surface area (Å²) in [7, 11) is 0. The maximum Gasteiger partial charge on any atom is 0.120 e. The molecule has 0 aromatic heterocycles. The number of anilines is 1. The topological polar surface area (TPSA) is 93.8 Å². The molecule has 0 saturated heterocycles. The van der Waals surface area contributed by atoms with Crippen LogP contribution in [0.3, 0.4) is 0 Å². The first-order chi connectivity index (χ1) is 15.1. The van der Waals surface area contributed by atoms with Gasteiger partial charge in [0.15, 0.2) is 0 Å². The minimum absolute atomic E-state index is 0.319. The molecule has 3 rings (SSSR count). The Bertz CT molecular complexity index is 895. The molecule has 0 aliphatic heterocycles. The van der Waals surface area contributed by atoms with Crippen LogP contribution in [0.15, 0.2) is 72.8 Å². The van der Waals surface area contributed by atoms with Gasteiger partial charge in [-0.1, -0.05) is 48.5 Å². The van der Waals surface area contributed by atoms with Crippen LogP contribution in [-0.2, 0) is 19.6 Å². The highest BCUT2D eigenvalue weighted by Gasteiger charge is 2.08. The number of aromatic hydroxyl groups is 2. The van der Waals surface area contributed by atoms with Gasteiger partial charge in [-0.25, -0.2) is 0 Å². The third-order valence-electron chi connectivity index (χ3n) is 5.18. The van der Waals surface area contributed by atoms with E-state index in [9.17, 15) is 10.2 Å². The Kier molecular flexibility index (Phi) is 8.72. The SMILES string of the molecule is Nc1cccc(CN(CCNCc2ccccc2O)CCNCc2ccccc2O)c1. The van der Waals surface area contributed by atoms with Gasteiger partial charge in [0, 0.05) is 62.6 Å². The van der Waals surface area contributed by atoms with E-state index in [4.69, 9.17) is 5.73 Å². The van der Waals surface area contributed by atoms with E-state index in [1.807, 2.05) is 54.6 Å². The predicted molar refractivity (Wildman–Crippen MR) is 126 cm³/mol. The second-order valence-corrected chi connectivity index (χ2v) is 7.63. The molecule has 6 heteroatoms. The molecule has 0 spiro atoms. The van der Waals surface area contributed by atoms with Crippen LogP contribution in [0, 0.1) is 0 Å². The number of nitrogens with two attached hydrogens (primary N) is 1. The molecule has 31 heavy (non-hydrogen) atoms. The Labute approximate surface area is 184 Å². The fraction of sp³-hybridized carbons (Fsp3) is 0.280. The molecule has 0 amide bonds. The molecule has 0 aliphatic carbocycles. The summed E-state index contributed by atoms with van der Waals surface area (Å²) in [4.78, 5) is 2.37. The molecule has 0 heterocycles. The molecule has 0 radical (unpaired) electrons. The lowest BCUT2D eigenvalue weighted by Crippen LogP contribution is -2.36. The van der Waals surface area contributed by atoms with Gasteiger partial charge in [-0.3, -0.25) is 4.90 Å². The van der Waals surface area contributed by atoms with Gasteiger partial charge in [0.05, 0.1) is 0 Å². The number of benzene rings is 3. The molecule has 3 aromatic carbocycles. The summed E-state index contributed by atoms with van der Waals surface area (Å²) >= 11 is 0. The first-order valence-corrected chi connectivity index (χ1v) is 10.6. The van der Waals surface area contributed by atoms with Crippen molar-refractivity contribution in [1.29, 1.82) is 0 Å². The summed E-state index contributed by atoms with van der Waals surface area (Å²) in [6.07, 6.45) is 0. The summed E-state index contributed by atoms with van der Waals surface area (Å²) in [6.45, 7) is 5.39. The van der Waals surface area contributed by atoms with Crippen molar-refractivity contribution in [3.05, 3.63) is 89.5 Å². The minimum atomic E-state index is 0.319. The van der Waals surface area contributed by atoms with Crippen LogP contribution in [0.5, 0.6) is 11.5 Å². The molecule has 0 bridgehead atoms. The van der Waals surface area contributed by atoms with Crippen LogP contribution in [0.2, 0.25) is 0 Å². The predicted octanol–water partition coefficient (Wildman–Crippen LogP) is 3.06. The van der Waals surface area contributed by atoms with E-state index in [0.717, 1.165) is 49.5 Å². The smallest absolute Gasteiger partial charge is 0.120 e. The highest BCUT2D eigenvalue weighted by molar-refractivity contribution is 5.40. The number of nitrogens with zero attached hydrogens (tertiary/aromatic N) is 1. The Hall–Kier alpha value is -3.06. The minimum Gasteiger partial charge on any atom is -0.508 e. The van der Waals surface area contributed by atoms with Crippen molar-refractivity contribution >= 4 is 5.69 Å². The van der Waals surface area contributed by atoms with E-state index in [1.54, 1.807) is 12.1 Å². The monoisotopic (exact) mass is 420 g/mol. The van der Waals surface area contributed by atoms with Gasteiger partial charge in [0.1, 0.15) is 11.5 Å². The molecule has 164 valence electrons. The van der Waals surface area contributed by atoms with Gasteiger partial charge in [-0.2, -0.15) is 0 Å². The molecule has 0 fully saturated rings. The zero-order valence-electron chi connectivity index (χ0n) is 17.8. The molecule has 3 aromatic rings. The van der Waals surface area contributed by atoms with Crippen molar-refractivity contribution < 1.29 is 10.2 Å². The average Bonchev–Trinajstić information content (AvgIpc) is 2.76. The zero-order chi connectivity index (χ0) is 21.9. The van der Waals surface area contributed by atoms with Crippen molar-refractivity contribution in [2.24, 2.45) is 0 Å². The quantitative estimate of drug-likeness (QED) is 0.228. The highest BCUT2D eigenvalue weighted by Crippen LogP contribution is 2.16. The first-order valence-electron chi connectivity index (χ1n) is 10.6. The first kappa shape index (κ1) is 22.6. The molecular formula is C25H32N4O2. The van der Waals surface area contributed by atoms with Crippen LogP contribution in [0.4, 0.5) is 5.69 Å². The Balaban J connectivity index is 1.49. The normalized spacial score (nSPS) is 11.1. The van der Waals surface area contributed by atoms with Gasteiger partial charge in [-0.05, 0) is 29.8 Å². The molecule has 0 aliphatic rings. The maximum atomic E-state index is 9.91. The molecule has 0 unspecified atom stereocenters. The lowest BCUT2D eigenvalue weighted by Gasteiger charge is -2.23. The van der Waals surface area contributed by atoms with Crippen LogP contribution >= 0.6 is 0 Å². The van der Waals surface area contributed by atoms with Crippen molar-refractivity contribution in [3.8, 4) is 11.5 Å². The summed E-state index contributed by atoms with van der Waals surface area (Å²) in [5.41, 5.74) is 9.69. The number of para-hydroxylation sites is 2. The van der Waals surface area contributed by atoms with E-state index in [-0.39, 0.29) is 0 Å². The maximum absolute atomic E-state index is 9.91. The summed E-state index contributed by atoms with van der Waals surface area (Å²) in [5.74, 6) is 0.639. The van der Waals surface area contributed by atoms with Crippen LogP contribution < -0.4 is 16.4 Å². The average molecular weight is 421 g/mol. The van der Waals surface area contributed by atoms with Crippen molar-refractivity contribution in [2.45, 2.75) is 19.6 Å². The van der Waals surface area contributed by atoms with E-state index < -0.39 is 0 Å². The van der Waals surface area contributed by atoms with Crippen molar-refractivity contribution in [2.75, 3.05) is 31.9 Å². The Morgan fingerprint density at radius 2 is 1.26 bits per heavy atom. The van der Waals surface area contributed by atoms with E-state index >= 15 is 0 Å². The third-order valence-corrected chi connectivity index (χ3v) is 5.18. The van der Waals surface area contributed by atoms with Gasteiger partial charge in [-0.15, -0.1) is 0 Å². The lowest BCUT2D eigenvalue weighted by molar-refractivity contribution is 0.263. The van der Waals surface area contributed by atoms with Gasteiger partial charge in [0.25, 0.3) is 0 Å². The number of hydrogen-bond acceptors (Lipinski definition) is 6. The molecule has 0 saturated carbocycles. The fourth-order valence-electron chi connectivity index (χ4n) is 3.46. The van der Waals surface area contributed by atoms with Crippen molar-refractivity contribution in [1.82, 2.24) is 15.5 Å². The number of rotatable bonds is 12. The summed E-state index contributed by atoms with van der Waals surface area (Å²) < 4.78 is 0. The standard InChI is InChI=1S/C25H32N4O2/c26-23-9-5-6-20(16-23)19-29(14-12-27-17-21-7-1-3-10-24(21)30)15-13-28-18-22-8-2-4-11-25(22)31/h1-11,16,27-28,30-31H,12-15,17-19,26H2. The largest absolute Gasteiger partial charge is 0.508 e. The van der Waals surface area contributed by atoms with Crippen LogP contribution in [-0.4, -0.2) is 41.3 Å².